The summed E-state index contributed by atoms with van der Waals surface area (Å²) in [7, 11) is 0. The molecule has 1 fully saturated rings. The fourth-order valence-corrected chi connectivity index (χ4v) is 2.44. The molecule has 27 heavy (non-hydrogen) atoms. The van der Waals surface area contributed by atoms with Gasteiger partial charge in [0.15, 0.2) is 6.61 Å². The smallest absolute Gasteiger partial charge is 0.272 e. The van der Waals surface area contributed by atoms with Gasteiger partial charge < -0.3 is 15.4 Å². The van der Waals surface area contributed by atoms with Crippen LogP contribution in [-0.4, -0.2) is 29.8 Å². The highest BCUT2D eigenvalue weighted by Crippen LogP contribution is 2.30. The largest absolute Gasteiger partial charge is 0.471 e. The average Bonchev–Trinajstić information content (AvgIpc) is 3.50. The Kier molecular flexibility index (Phi) is 5.95. The van der Waals surface area contributed by atoms with E-state index in [4.69, 9.17) is 4.74 Å². The summed E-state index contributed by atoms with van der Waals surface area (Å²) in [5.41, 5.74) is 1.43. The Morgan fingerprint density at radius 3 is 2.78 bits per heavy atom. The summed E-state index contributed by atoms with van der Waals surface area (Å²) >= 11 is 0. The number of halogens is 2. The van der Waals surface area contributed by atoms with Crippen molar-refractivity contribution in [3.63, 3.8) is 0 Å². The molecule has 1 aliphatic rings. The molecule has 142 valence electrons. The predicted octanol–water partition coefficient (Wildman–Crippen LogP) is 3.00. The monoisotopic (exact) mass is 375 g/mol. The van der Waals surface area contributed by atoms with E-state index >= 15 is 0 Å². The normalized spacial score (nSPS) is 13.3. The molecule has 0 unspecified atom stereocenters. The van der Waals surface area contributed by atoms with E-state index < -0.39 is 13.0 Å². The molecule has 1 saturated carbocycles. The van der Waals surface area contributed by atoms with Crippen LogP contribution in [0.3, 0.4) is 0 Å². The van der Waals surface area contributed by atoms with Gasteiger partial charge in [0.1, 0.15) is 0 Å². The van der Waals surface area contributed by atoms with E-state index in [9.17, 15) is 18.4 Å². The maximum Gasteiger partial charge on any atom is 0.272 e. The molecule has 1 heterocycles. The van der Waals surface area contributed by atoms with E-state index in [0.29, 0.717) is 16.8 Å². The zero-order chi connectivity index (χ0) is 19.2. The second-order valence-electron chi connectivity index (χ2n) is 6.20. The lowest BCUT2D eigenvalue weighted by Gasteiger charge is -2.11. The van der Waals surface area contributed by atoms with Crippen LogP contribution < -0.4 is 15.4 Å². The average molecular weight is 375 g/mol. The highest BCUT2D eigenvalue weighted by molar-refractivity contribution is 5.98. The molecule has 2 aromatic rings. The van der Waals surface area contributed by atoms with Crippen LogP contribution >= 0.6 is 0 Å². The van der Waals surface area contributed by atoms with Crippen LogP contribution in [0.4, 0.5) is 14.5 Å². The lowest BCUT2D eigenvalue weighted by molar-refractivity contribution is -0.117. The third-order valence-electron chi connectivity index (χ3n) is 3.98. The molecule has 2 N–H and O–H groups in total. The second kappa shape index (κ2) is 8.57. The van der Waals surface area contributed by atoms with Gasteiger partial charge in [-0.15, -0.1) is 0 Å². The second-order valence-corrected chi connectivity index (χ2v) is 6.20. The fourth-order valence-electron chi connectivity index (χ4n) is 2.44. The summed E-state index contributed by atoms with van der Waals surface area (Å²) in [6, 6.07) is 9.88. The number of pyridine rings is 1. The molecule has 6 nitrogen and oxygen atoms in total. The highest BCUT2D eigenvalue weighted by atomic mass is 19.3. The summed E-state index contributed by atoms with van der Waals surface area (Å²) < 4.78 is 29.6. The minimum Gasteiger partial charge on any atom is -0.471 e. The Labute approximate surface area is 154 Å². The molecule has 0 bridgehead atoms. The van der Waals surface area contributed by atoms with Crippen LogP contribution in [-0.2, 0) is 11.3 Å². The van der Waals surface area contributed by atoms with E-state index in [-0.39, 0.29) is 30.2 Å². The van der Waals surface area contributed by atoms with E-state index in [1.54, 1.807) is 36.4 Å². The Hall–Kier alpha value is -3.03. The van der Waals surface area contributed by atoms with Crippen LogP contribution in [0.5, 0.6) is 5.88 Å². The predicted molar refractivity (Wildman–Crippen MR) is 94.7 cm³/mol. The maximum absolute atomic E-state index is 12.4. The number of rotatable bonds is 8. The third-order valence-corrected chi connectivity index (χ3v) is 3.98. The number of carbonyl (C=O) groups is 2. The minimum absolute atomic E-state index is 0.0382. The van der Waals surface area contributed by atoms with Gasteiger partial charge in [-0.05, 0) is 37.1 Å². The molecule has 8 heteroatoms. The van der Waals surface area contributed by atoms with Gasteiger partial charge in [0.2, 0.25) is 11.8 Å². The van der Waals surface area contributed by atoms with Crippen LogP contribution in [0.2, 0.25) is 0 Å². The van der Waals surface area contributed by atoms with E-state index in [2.05, 4.69) is 15.6 Å². The zero-order valence-corrected chi connectivity index (χ0v) is 14.5. The van der Waals surface area contributed by atoms with E-state index in [1.165, 1.54) is 6.20 Å². The number of amides is 2. The summed E-state index contributed by atoms with van der Waals surface area (Å²) in [6.07, 6.45) is 0.612. The van der Waals surface area contributed by atoms with Crippen molar-refractivity contribution in [2.24, 2.45) is 5.92 Å². The van der Waals surface area contributed by atoms with Crippen molar-refractivity contribution in [3.8, 4) is 5.88 Å². The van der Waals surface area contributed by atoms with Crippen molar-refractivity contribution in [2.75, 3.05) is 11.9 Å². The van der Waals surface area contributed by atoms with Crippen molar-refractivity contribution < 1.29 is 23.1 Å². The molecule has 0 atom stereocenters. The number of hydrogen-bond acceptors (Lipinski definition) is 4. The lowest BCUT2D eigenvalue weighted by Crippen LogP contribution is -2.24. The summed E-state index contributed by atoms with van der Waals surface area (Å²) in [4.78, 5) is 28.1. The quantitative estimate of drug-likeness (QED) is 0.743. The van der Waals surface area contributed by atoms with Gasteiger partial charge in [-0.25, -0.2) is 13.8 Å². The Morgan fingerprint density at radius 1 is 1.22 bits per heavy atom. The van der Waals surface area contributed by atoms with Crippen LogP contribution in [0.25, 0.3) is 0 Å². The maximum atomic E-state index is 12.4. The fraction of sp³-hybridized carbons (Fsp3) is 0.316. The first-order valence-corrected chi connectivity index (χ1v) is 8.57. The first-order chi connectivity index (χ1) is 13.0. The minimum atomic E-state index is -2.61. The number of carbonyl (C=O) groups excluding carboxylic acids is 2. The van der Waals surface area contributed by atoms with Gasteiger partial charge in [-0.1, -0.05) is 12.1 Å². The molecule has 1 aromatic carbocycles. The molecule has 0 aliphatic heterocycles. The molecule has 3 rings (SSSR count). The van der Waals surface area contributed by atoms with E-state index in [0.717, 1.165) is 12.8 Å². The summed E-state index contributed by atoms with van der Waals surface area (Å²) in [6.45, 7) is -0.690. The van der Waals surface area contributed by atoms with Crippen molar-refractivity contribution >= 4 is 17.5 Å². The molecular weight excluding hydrogens is 356 g/mol. The van der Waals surface area contributed by atoms with Crippen LogP contribution in [0.15, 0.2) is 42.6 Å². The number of aromatic nitrogens is 1. The van der Waals surface area contributed by atoms with E-state index in [1.807, 2.05) is 0 Å². The van der Waals surface area contributed by atoms with Gasteiger partial charge in [0, 0.05) is 35.5 Å². The van der Waals surface area contributed by atoms with Gasteiger partial charge in [-0.2, -0.15) is 0 Å². The van der Waals surface area contributed by atoms with Gasteiger partial charge in [0.25, 0.3) is 12.3 Å². The number of alkyl halides is 2. The van der Waals surface area contributed by atoms with Crippen LogP contribution in [0.1, 0.15) is 28.8 Å². The molecule has 0 radical (unpaired) electrons. The molecule has 0 saturated heterocycles. The summed E-state index contributed by atoms with van der Waals surface area (Å²) in [5, 5.41) is 5.49. The number of benzene rings is 1. The van der Waals surface area contributed by atoms with Gasteiger partial charge >= 0.3 is 0 Å². The summed E-state index contributed by atoms with van der Waals surface area (Å²) in [5.74, 6) is -0.270. The van der Waals surface area contributed by atoms with Crippen molar-refractivity contribution in [1.29, 1.82) is 0 Å². The number of hydrogen-bond donors (Lipinski definition) is 2. The molecule has 1 aromatic heterocycles. The third kappa shape index (κ3) is 5.47. The molecular formula is C19H19F2N3O3. The molecule has 2 amide bonds. The van der Waals surface area contributed by atoms with Crippen molar-refractivity contribution in [2.45, 2.75) is 25.8 Å². The van der Waals surface area contributed by atoms with Gasteiger partial charge in [0.05, 0.1) is 0 Å². The van der Waals surface area contributed by atoms with Gasteiger partial charge in [-0.3, -0.25) is 9.59 Å². The topological polar surface area (TPSA) is 80.3 Å². The van der Waals surface area contributed by atoms with Crippen molar-refractivity contribution in [1.82, 2.24) is 10.3 Å². The molecule has 0 spiro atoms. The number of anilines is 1. The highest BCUT2D eigenvalue weighted by Gasteiger charge is 2.29. The Bertz CT molecular complexity index is 825. The first-order valence-electron chi connectivity index (χ1n) is 8.57. The Morgan fingerprint density at radius 2 is 2.04 bits per heavy atom. The Balaban J connectivity index is 1.60. The number of nitrogens with zero attached hydrogens (tertiary/aromatic N) is 1. The standard InChI is InChI=1S/C19H19F2N3O3/c20-16(21)11-27-19-14(4-2-8-22-19)10-23-17(25)13-3-1-5-15(9-13)24-18(26)12-6-7-12/h1-5,8-9,12,16H,6-7,10-11H2,(H,23,25)(H,24,26). The molecule has 1 aliphatic carbocycles. The van der Waals surface area contributed by atoms with Crippen molar-refractivity contribution in [3.05, 3.63) is 53.7 Å². The lowest BCUT2D eigenvalue weighted by atomic mass is 10.1. The number of nitrogens with one attached hydrogen (secondary N) is 2. The number of ether oxygens (including phenoxy) is 1. The van der Waals surface area contributed by atoms with Crippen LogP contribution in [0, 0.1) is 5.92 Å². The zero-order valence-electron chi connectivity index (χ0n) is 14.5. The SMILES string of the molecule is O=C(NCc1cccnc1OCC(F)F)c1cccc(NC(=O)C2CC2)c1. The first kappa shape index (κ1) is 18.8.